The number of fused-ring (bicyclic) bond motifs is 1. The van der Waals surface area contributed by atoms with Gasteiger partial charge in [-0.05, 0) is 52.2 Å². The van der Waals surface area contributed by atoms with E-state index in [9.17, 15) is 14.0 Å². The van der Waals surface area contributed by atoms with Gasteiger partial charge in [-0.3, -0.25) is 15.1 Å². The van der Waals surface area contributed by atoms with Crippen molar-refractivity contribution < 1.29 is 28.2 Å². The molecule has 10 heteroatoms. The molecule has 4 rings (SSSR count). The number of rotatable bonds is 5. The maximum atomic E-state index is 14.9. The third kappa shape index (κ3) is 4.72. The van der Waals surface area contributed by atoms with Crippen molar-refractivity contribution in [1.29, 1.82) is 0 Å². The van der Waals surface area contributed by atoms with Gasteiger partial charge in [-0.15, -0.1) is 0 Å². The number of hydrogen-bond donors (Lipinski definition) is 1. The van der Waals surface area contributed by atoms with Gasteiger partial charge >= 0.3 is 6.09 Å². The molecule has 1 amide bonds. The molecule has 1 aromatic carbocycles. The van der Waals surface area contributed by atoms with E-state index in [4.69, 9.17) is 14.2 Å². The van der Waals surface area contributed by atoms with Crippen molar-refractivity contribution in [3.05, 3.63) is 47.7 Å². The number of benzene rings is 1. The molecule has 9 nitrogen and oxygen atoms in total. The summed E-state index contributed by atoms with van der Waals surface area (Å²) in [5.41, 5.74) is -0.168. The Bertz CT molecular complexity index is 1230. The standard InChI is InChI=1S/C24H27FN4O5/c1-24(2,3)34-23(31)28-17-12-26-13-18(32-4)20(17)22(30)14-8-9-16(25)21-15(14)11-27-29(21)19-7-5-6-10-33-19/h8-9,11-13,19H,5-7,10H2,1-4H3,(H,28,31). The summed E-state index contributed by atoms with van der Waals surface area (Å²) in [6.45, 7) is 5.75. The molecular weight excluding hydrogens is 443 g/mol. The summed E-state index contributed by atoms with van der Waals surface area (Å²) in [5.74, 6) is -0.842. The lowest BCUT2D eigenvalue weighted by atomic mass is 9.98. The summed E-state index contributed by atoms with van der Waals surface area (Å²) in [4.78, 5) is 30.2. The molecule has 34 heavy (non-hydrogen) atoms. The monoisotopic (exact) mass is 470 g/mol. The fourth-order valence-corrected chi connectivity index (χ4v) is 3.93. The Morgan fingerprint density at radius 2 is 2.00 bits per heavy atom. The lowest BCUT2D eigenvalue weighted by Gasteiger charge is -2.23. The van der Waals surface area contributed by atoms with Crippen molar-refractivity contribution >= 4 is 28.5 Å². The number of ether oxygens (including phenoxy) is 3. The van der Waals surface area contributed by atoms with Crippen LogP contribution in [0.4, 0.5) is 14.9 Å². The van der Waals surface area contributed by atoms with Crippen LogP contribution in [0.25, 0.3) is 10.9 Å². The molecule has 0 saturated carbocycles. The minimum atomic E-state index is -0.747. The lowest BCUT2D eigenvalue weighted by molar-refractivity contribution is -0.0369. The minimum absolute atomic E-state index is 0.0675. The molecular formula is C24H27FN4O5. The molecule has 0 radical (unpaired) electrons. The number of carbonyl (C=O) groups is 2. The second kappa shape index (κ2) is 9.38. The molecule has 1 aliphatic heterocycles. The summed E-state index contributed by atoms with van der Waals surface area (Å²) >= 11 is 0. The van der Waals surface area contributed by atoms with Gasteiger partial charge in [0.2, 0.25) is 0 Å². The number of halogens is 1. The predicted molar refractivity (Wildman–Crippen MR) is 123 cm³/mol. The summed E-state index contributed by atoms with van der Waals surface area (Å²) in [6.07, 6.45) is 5.60. The zero-order valence-corrected chi connectivity index (χ0v) is 19.6. The molecule has 180 valence electrons. The molecule has 1 saturated heterocycles. The van der Waals surface area contributed by atoms with Gasteiger partial charge in [-0.2, -0.15) is 5.10 Å². The van der Waals surface area contributed by atoms with Crippen LogP contribution in [-0.2, 0) is 9.47 Å². The number of anilines is 1. The summed E-state index contributed by atoms with van der Waals surface area (Å²) < 4.78 is 32.8. The number of amides is 1. The highest BCUT2D eigenvalue weighted by Crippen LogP contribution is 2.33. The van der Waals surface area contributed by atoms with Gasteiger partial charge in [0.1, 0.15) is 22.7 Å². The van der Waals surface area contributed by atoms with Gasteiger partial charge < -0.3 is 14.2 Å². The highest BCUT2D eigenvalue weighted by molar-refractivity contribution is 6.20. The minimum Gasteiger partial charge on any atom is -0.494 e. The average molecular weight is 471 g/mol. The zero-order valence-electron chi connectivity index (χ0n) is 19.6. The van der Waals surface area contributed by atoms with E-state index >= 15 is 0 Å². The van der Waals surface area contributed by atoms with E-state index in [1.165, 1.54) is 42.5 Å². The van der Waals surface area contributed by atoms with Crippen LogP contribution in [-0.4, -0.2) is 46.0 Å². The number of carbonyl (C=O) groups excluding carboxylic acids is 2. The van der Waals surface area contributed by atoms with Crippen molar-refractivity contribution in [3.8, 4) is 5.75 Å². The number of aromatic nitrogens is 3. The van der Waals surface area contributed by atoms with Crippen LogP contribution in [0.2, 0.25) is 0 Å². The second-order valence-corrected chi connectivity index (χ2v) is 8.99. The van der Waals surface area contributed by atoms with E-state index in [1.54, 1.807) is 20.8 Å². The van der Waals surface area contributed by atoms with Crippen molar-refractivity contribution in [1.82, 2.24) is 14.8 Å². The number of ketones is 1. The Morgan fingerprint density at radius 1 is 1.21 bits per heavy atom. The molecule has 1 N–H and O–H groups in total. The maximum absolute atomic E-state index is 14.9. The van der Waals surface area contributed by atoms with E-state index in [0.29, 0.717) is 18.4 Å². The molecule has 1 fully saturated rings. The van der Waals surface area contributed by atoms with Crippen molar-refractivity contribution in [3.63, 3.8) is 0 Å². The Balaban J connectivity index is 1.77. The van der Waals surface area contributed by atoms with Gasteiger partial charge in [0.25, 0.3) is 0 Å². The number of nitrogens with one attached hydrogen (secondary N) is 1. The van der Waals surface area contributed by atoms with Gasteiger partial charge in [-0.1, -0.05) is 0 Å². The van der Waals surface area contributed by atoms with Crippen LogP contribution < -0.4 is 10.1 Å². The molecule has 0 aliphatic carbocycles. The van der Waals surface area contributed by atoms with Crippen LogP contribution >= 0.6 is 0 Å². The highest BCUT2D eigenvalue weighted by Gasteiger charge is 2.27. The predicted octanol–water partition coefficient (Wildman–Crippen LogP) is 4.86. The van der Waals surface area contributed by atoms with Gasteiger partial charge in [0, 0.05) is 17.6 Å². The molecule has 3 heterocycles. The van der Waals surface area contributed by atoms with Crippen molar-refractivity contribution in [2.45, 2.75) is 51.9 Å². The van der Waals surface area contributed by atoms with Crippen LogP contribution in [0.5, 0.6) is 5.75 Å². The first-order chi connectivity index (χ1) is 16.2. The molecule has 1 unspecified atom stereocenters. The largest absolute Gasteiger partial charge is 0.494 e. The van der Waals surface area contributed by atoms with Crippen LogP contribution in [0.1, 0.15) is 62.2 Å². The summed E-state index contributed by atoms with van der Waals surface area (Å²) in [6, 6.07) is 2.62. The van der Waals surface area contributed by atoms with E-state index in [0.717, 1.165) is 12.8 Å². The zero-order chi connectivity index (χ0) is 24.5. The number of methoxy groups -OCH3 is 1. The van der Waals surface area contributed by atoms with E-state index < -0.39 is 29.5 Å². The second-order valence-electron chi connectivity index (χ2n) is 8.99. The van der Waals surface area contributed by atoms with Gasteiger partial charge in [0.15, 0.2) is 12.0 Å². The van der Waals surface area contributed by atoms with Crippen molar-refractivity contribution in [2.75, 3.05) is 19.0 Å². The van der Waals surface area contributed by atoms with E-state index in [-0.39, 0.29) is 28.1 Å². The normalized spacial score (nSPS) is 16.3. The first kappa shape index (κ1) is 23.6. The number of nitrogens with zero attached hydrogens (tertiary/aromatic N) is 3. The molecule has 1 atom stereocenters. The third-order valence-corrected chi connectivity index (χ3v) is 5.37. The van der Waals surface area contributed by atoms with Gasteiger partial charge in [-0.25, -0.2) is 13.9 Å². The third-order valence-electron chi connectivity index (χ3n) is 5.37. The summed E-state index contributed by atoms with van der Waals surface area (Å²) in [5, 5.41) is 7.24. The lowest BCUT2D eigenvalue weighted by Crippen LogP contribution is -2.28. The molecule has 0 spiro atoms. The molecule has 2 aromatic heterocycles. The van der Waals surface area contributed by atoms with Crippen LogP contribution in [0.3, 0.4) is 0 Å². The smallest absolute Gasteiger partial charge is 0.412 e. The summed E-state index contributed by atoms with van der Waals surface area (Å²) in [7, 11) is 1.39. The number of pyridine rings is 1. The fourth-order valence-electron chi connectivity index (χ4n) is 3.93. The first-order valence-electron chi connectivity index (χ1n) is 11.0. The molecule has 0 bridgehead atoms. The molecule has 3 aromatic rings. The Hall–Kier alpha value is -3.53. The molecule has 1 aliphatic rings. The Morgan fingerprint density at radius 3 is 2.68 bits per heavy atom. The van der Waals surface area contributed by atoms with E-state index in [2.05, 4.69) is 15.4 Å². The topological polar surface area (TPSA) is 105 Å². The fraction of sp³-hybridized carbons (Fsp3) is 0.417. The quantitative estimate of drug-likeness (QED) is 0.531. The van der Waals surface area contributed by atoms with Crippen molar-refractivity contribution in [2.24, 2.45) is 0 Å². The first-order valence-corrected chi connectivity index (χ1v) is 11.0. The number of hydrogen-bond acceptors (Lipinski definition) is 7. The Kier molecular flexibility index (Phi) is 6.52. The highest BCUT2D eigenvalue weighted by atomic mass is 19.1. The SMILES string of the molecule is COc1cncc(NC(=O)OC(C)(C)C)c1C(=O)c1ccc(F)c2c1cnn2C1CCCCO1. The van der Waals surface area contributed by atoms with Crippen LogP contribution in [0, 0.1) is 5.82 Å². The van der Waals surface area contributed by atoms with Crippen LogP contribution in [0.15, 0.2) is 30.7 Å². The average Bonchev–Trinajstić information content (AvgIpc) is 3.24. The maximum Gasteiger partial charge on any atom is 0.412 e. The van der Waals surface area contributed by atoms with E-state index in [1.807, 2.05) is 0 Å². The Labute approximate surface area is 196 Å². The van der Waals surface area contributed by atoms with Gasteiger partial charge in [0.05, 0.1) is 37.0 Å².